The molecule has 27 heavy (non-hydrogen) atoms. The Morgan fingerprint density at radius 3 is 2.04 bits per heavy atom. The molecule has 1 aromatic heterocycles. The fourth-order valence-corrected chi connectivity index (χ4v) is 3.88. The van der Waals surface area contributed by atoms with Crippen molar-refractivity contribution in [2.24, 2.45) is 0 Å². The molecule has 0 spiro atoms. The first-order chi connectivity index (χ1) is 13.2. The van der Waals surface area contributed by atoms with Crippen LogP contribution in [0.3, 0.4) is 0 Å². The van der Waals surface area contributed by atoms with Gasteiger partial charge in [0.05, 0.1) is 0 Å². The number of benzene rings is 1. The summed E-state index contributed by atoms with van der Waals surface area (Å²) in [6.07, 6.45) is 1.72. The molecule has 0 atom stereocenters. The van der Waals surface area contributed by atoms with Gasteiger partial charge in [0.15, 0.2) is 0 Å². The van der Waals surface area contributed by atoms with Crippen LogP contribution in [0.15, 0.2) is 36.7 Å². The predicted molar refractivity (Wildman–Crippen MR) is 110 cm³/mol. The highest BCUT2D eigenvalue weighted by Gasteiger charge is 2.21. The number of hydrogen-bond acceptors (Lipinski definition) is 6. The molecule has 2 aliphatic rings. The maximum absolute atomic E-state index is 4.56. The maximum Gasteiger partial charge on any atom is 0.134 e. The molecule has 1 aromatic carbocycles. The Kier molecular flexibility index (Phi) is 5.55. The lowest BCUT2D eigenvalue weighted by Crippen LogP contribution is -2.47. The molecule has 6 nitrogen and oxygen atoms in total. The zero-order valence-corrected chi connectivity index (χ0v) is 16.5. The van der Waals surface area contributed by atoms with Crippen LogP contribution in [0, 0.1) is 6.92 Å². The highest BCUT2D eigenvalue weighted by atomic mass is 15.3. The third-order valence-electron chi connectivity index (χ3n) is 5.82. The fourth-order valence-electron chi connectivity index (χ4n) is 3.88. The van der Waals surface area contributed by atoms with E-state index in [9.17, 15) is 0 Å². The van der Waals surface area contributed by atoms with Crippen molar-refractivity contribution in [2.45, 2.75) is 13.5 Å². The number of likely N-dealkylation sites (N-methyl/N-ethyl adjacent to an activating group) is 1. The lowest BCUT2D eigenvalue weighted by molar-refractivity contribution is 0.249. The molecule has 2 aliphatic heterocycles. The van der Waals surface area contributed by atoms with Crippen molar-refractivity contribution < 1.29 is 0 Å². The van der Waals surface area contributed by atoms with E-state index in [1.165, 1.54) is 11.1 Å². The first-order valence-electron chi connectivity index (χ1n) is 9.96. The molecule has 0 radical (unpaired) electrons. The van der Waals surface area contributed by atoms with Gasteiger partial charge in [-0.3, -0.25) is 4.90 Å². The number of aromatic nitrogens is 2. The smallest absolute Gasteiger partial charge is 0.134 e. The van der Waals surface area contributed by atoms with Crippen molar-refractivity contribution in [3.63, 3.8) is 0 Å². The van der Waals surface area contributed by atoms with Crippen molar-refractivity contribution in [1.82, 2.24) is 19.8 Å². The first kappa shape index (κ1) is 18.2. The number of anilines is 2. The van der Waals surface area contributed by atoms with Gasteiger partial charge in [0.2, 0.25) is 0 Å². The van der Waals surface area contributed by atoms with Gasteiger partial charge in [0.25, 0.3) is 0 Å². The zero-order valence-electron chi connectivity index (χ0n) is 16.5. The molecule has 0 aliphatic carbocycles. The highest BCUT2D eigenvalue weighted by Crippen LogP contribution is 2.21. The normalized spacial score (nSPS) is 19.5. The minimum Gasteiger partial charge on any atom is -0.354 e. The van der Waals surface area contributed by atoms with Crippen LogP contribution in [0.4, 0.5) is 11.6 Å². The van der Waals surface area contributed by atoms with E-state index >= 15 is 0 Å². The van der Waals surface area contributed by atoms with Crippen molar-refractivity contribution >= 4 is 11.6 Å². The summed E-state index contributed by atoms with van der Waals surface area (Å²) in [7, 11) is 2.18. The monoisotopic (exact) mass is 366 g/mol. The lowest BCUT2D eigenvalue weighted by Gasteiger charge is -2.36. The van der Waals surface area contributed by atoms with Crippen molar-refractivity contribution in [3.8, 4) is 0 Å². The summed E-state index contributed by atoms with van der Waals surface area (Å²) in [5, 5.41) is 0. The topological polar surface area (TPSA) is 38.7 Å². The van der Waals surface area contributed by atoms with Gasteiger partial charge in [-0.25, -0.2) is 9.97 Å². The Morgan fingerprint density at radius 1 is 0.815 bits per heavy atom. The molecule has 2 fully saturated rings. The molecule has 6 heteroatoms. The summed E-state index contributed by atoms with van der Waals surface area (Å²) < 4.78 is 0. The minimum atomic E-state index is 1.02. The molecule has 144 valence electrons. The van der Waals surface area contributed by atoms with E-state index in [0.717, 1.165) is 70.5 Å². The van der Waals surface area contributed by atoms with Crippen LogP contribution in [0.5, 0.6) is 0 Å². The maximum atomic E-state index is 4.56. The van der Waals surface area contributed by atoms with E-state index < -0.39 is 0 Å². The van der Waals surface area contributed by atoms with Gasteiger partial charge in [-0.1, -0.05) is 24.3 Å². The molecular weight excluding hydrogens is 336 g/mol. The zero-order chi connectivity index (χ0) is 18.6. The summed E-state index contributed by atoms with van der Waals surface area (Å²) in [5.41, 5.74) is 2.82. The second kappa shape index (κ2) is 8.23. The van der Waals surface area contributed by atoms with Gasteiger partial charge in [0, 0.05) is 65.0 Å². The number of piperazine rings is 2. The molecule has 0 amide bonds. The standard InChI is InChI=1S/C21H30N6/c1-18-5-3-4-6-19(18)16-25-9-13-27(14-10-25)21-15-20(22-17-23-21)26-11-7-24(2)8-12-26/h3-6,15,17H,7-14,16H2,1-2H3. The third kappa shape index (κ3) is 4.39. The predicted octanol–water partition coefficient (Wildman–Crippen LogP) is 1.86. The molecule has 2 saturated heterocycles. The largest absolute Gasteiger partial charge is 0.354 e. The van der Waals surface area contributed by atoms with Gasteiger partial charge in [-0.2, -0.15) is 0 Å². The molecule has 0 N–H and O–H groups in total. The van der Waals surface area contributed by atoms with Gasteiger partial charge in [0.1, 0.15) is 18.0 Å². The van der Waals surface area contributed by atoms with Gasteiger partial charge in [-0.15, -0.1) is 0 Å². The van der Waals surface area contributed by atoms with E-state index in [1.54, 1.807) is 6.33 Å². The quantitative estimate of drug-likeness (QED) is 0.822. The number of hydrogen-bond donors (Lipinski definition) is 0. The third-order valence-corrected chi connectivity index (χ3v) is 5.82. The van der Waals surface area contributed by atoms with Crippen LogP contribution < -0.4 is 9.80 Å². The number of nitrogens with zero attached hydrogens (tertiary/aromatic N) is 6. The van der Waals surface area contributed by atoms with Crippen LogP contribution in [0.2, 0.25) is 0 Å². The highest BCUT2D eigenvalue weighted by molar-refractivity contribution is 5.50. The summed E-state index contributed by atoms with van der Waals surface area (Å²) in [5.74, 6) is 2.13. The van der Waals surface area contributed by atoms with Crippen molar-refractivity contribution in [2.75, 3.05) is 69.2 Å². The fraction of sp³-hybridized carbons (Fsp3) is 0.524. The van der Waals surface area contributed by atoms with Gasteiger partial charge < -0.3 is 14.7 Å². The summed E-state index contributed by atoms with van der Waals surface area (Å²) in [4.78, 5) is 18.8. The molecular formula is C21H30N6. The van der Waals surface area contributed by atoms with Crippen LogP contribution in [-0.2, 0) is 6.54 Å². The SMILES string of the molecule is Cc1ccccc1CN1CCN(c2cc(N3CCN(C)CC3)ncn2)CC1. The van der Waals surface area contributed by atoms with Crippen molar-refractivity contribution in [1.29, 1.82) is 0 Å². The van der Waals surface area contributed by atoms with Crippen molar-refractivity contribution in [3.05, 3.63) is 47.8 Å². The van der Waals surface area contributed by atoms with E-state index in [1.807, 2.05) is 0 Å². The summed E-state index contributed by atoms with van der Waals surface area (Å²) >= 11 is 0. The summed E-state index contributed by atoms with van der Waals surface area (Å²) in [6.45, 7) is 11.7. The lowest BCUT2D eigenvalue weighted by atomic mass is 10.1. The van der Waals surface area contributed by atoms with Gasteiger partial charge >= 0.3 is 0 Å². The van der Waals surface area contributed by atoms with E-state index in [-0.39, 0.29) is 0 Å². The van der Waals surface area contributed by atoms with Crippen LogP contribution in [0.25, 0.3) is 0 Å². The van der Waals surface area contributed by atoms with Crippen LogP contribution in [0.1, 0.15) is 11.1 Å². The molecule has 2 aromatic rings. The van der Waals surface area contributed by atoms with E-state index in [0.29, 0.717) is 0 Å². The van der Waals surface area contributed by atoms with Gasteiger partial charge in [-0.05, 0) is 25.1 Å². The summed E-state index contributed by atoms with van der Waals surface area (Å²) in [6, 6.07) is 10.9. The minimum absolute atomic E-state index is 1.02. The average Bonchev–Trinajstić information content (AvgIpc) is 2.71. The molecule has 0 bridgehead atoms. The average molecular weight is 367 g/mol. The van der Waals surface area contributed by atoms with Crippen LogP contribution >= 0.6 is 0 Å². The Hall–Kier alpha value is -2.18. The van der Waals surface area contributed by atoms with Crippen LogP contribution in [-0.4, -0.2) is 79.2 Å². The molecule has 4 rings (SSSR count). The second-order valence-electron chi connectivity index (χ2n) is 7.71. The molecule has 0 unspecified atom stereocenters. The second-order valence-corrected chi connectivity index (χ2v) is 7.71. The molecule has 0 saturated carbocycles. The Morgan fingerprint density at radius 2 is 1.41 bits per heavy atom. The Bertz CT molecular complexity index is 748. The first-order valence-corrected chi connectivity index (χ1v) is 9.96. The molecule has 3 heterocycles. The number of rotatable bonds is 4. The Labute approximate surface area is 162 Å². The van der Waals surface area contributed by atoms with E-state index in [2.05, 4.69) is 73.9 Å². The Balaban J connectivity index is 1.35. The van der Waals surface area contributed by atoms with E-state index in [4.69, 9.17) is 0 Å². The number of aryl methyl sites for hydroxylation is 1.